The van der Waals surface area contributed by atoms with Crippen molar-refractivity contribution in [2.75, 3.05) is 54.4 Å². The number of rotatable bonds is 12. The summed E-state index contributed by atoms with van der Waals surface area (Å²) in [6.07, 6.45) is 17.3. The van der Waals surface area contributed by atoms with E-state index in [0.29, 0.717) is 31.0 Å². The van der Waals surface area contributed by atoms with Crippen LogP contribution in [0.5, 0.6) is 0 Å². The van der Waals surface area contributed by atoms with Crippen molar-refractivity contribution in [2.45, 2.75) is 150 Å². The molecule has 9 aromatic heterocycles. The molecule has 3 aromatic carbocycles. The van der Waals surface area contributed by atoms with Crippen molar-refractivity contribution in [3.05, 3.63) is 247 Å². The van der Waals surface area contributed by atoms with Crippen LogP contribution in [-0.2, 0) is 111 Å². The molecule has 0 saturated heterocycles. The van der Waals surface area contributed by atoms with Crippen LogP contribution in [0.15, 0.2) is 156 Å². The molecule has 4 aliphatic heterocycles. The molecule has 0 fully saturated rings. The van der Waals surface area contributed by atoms with Crippen LogP contribution >= 0.6 is 0 Å². The van der Waals surface area contributed by atoms with Gasteiger partial charge in [0.1, 0.15) is 22.5 Å². The third-order valence-corrected chi connectivity index (χ3v) is 20.6. The van der Waals surface area contributed by atoms with Crippen molar-refractivity contribution in [3.8, 4) is 0 Å². The molecule has 0 bridgehead atoms. The number of aromatic amines is 1. The fourth-order valence-electron chi connectivity index (χ4n) is 15.4. The van der Waals surface area contributed by atoms with E-state index < -0.39 is 16.8 Å². The Morgan fingerprint density at radius 1 is 0.515 bits per heavy atom. The van der Waals surface area contributed by atoms with E-state index in [9.17, 15) is 20.1 Å². The number of aryl methyl sites for hydroxylation is 6. The van der Waals surface area contributed by atoms with Gasteiger partial charge in [0.05, 0.1) is 31.4 Å². The summed E-state index contributed by atoms with van der Waals surface area (Å²) in [5, 5.41) is 38.4. The average molecular weight is 1360 g/mol. The van der Waals surface area contributed by atoms with E-state index in [1.165, 1.54) is 106 Å². The predicted octanol–water partition coefficient (Wildman–Crippen LogP) is 11.0. The van der Waals surface area contributed by atoms with Crippen LogP contribution in [0.4, 0.5) is 0 Å². The molecule has 4 N–H and O–H groups in total. The number of aromatic nitrogens is 9. The molecule has 13 heterocycles. The number of hydrogen-bond acceptors (Lipinski definition) is 15. The first-order chi connectivity index (χ1) is 48.4. The Bertz CT molecular complexity index is 4990. The highest BCUT2D eigenvalue weighted by atomic mass is 16.4. The first kappa shape index (κ1) is 71.4. The number of H-pyrrole nitrogens is 1. The SMILES string of the molecule is Cc1ccc(CCn2c3c(c4cccnc42)CN(C)CC3)cn1.Cc1ccc2c(c1)c1c(n2CC(C)(O)c2ccc[nH]c2=O)CCN(C)C1.Cc1ccc2c(c1)c1c(n2CC(C)(O)c2cccnc2)CCN(C)C1.Cc1ccc2c(c1)c1c(n2CC(C)(O)c2cnco2)CCN(C)C1.O=C=O. The van der Waals surface area contributed by atoms with E-state index in [1.807, 2.05) is 44.4 Å². The van der Waals surface area contributed by atoms with E-state index >= 15 is 0 Å². The van der Waals surface area contributed by atoms with Gasteiger partial charge in [-0.05, 0) is 184 Å². The molecular weight excluding hydrogens is 1270 g/mol. The van der Waals surface area contributed by atoms with E-state index in [2.05, 4.69) is 185 Å². The molecule has 0 aliphatic carbocycles. The highest BCUT2D eigenvalue weighted by Crippen LogP contribution is 2.38. The number of aliphatic hydroxyl groups is 3. The maximum Gasteiger partial charge on any atom is 0.373 e. The maximum atomic E-state index is 12.2. The molecule has 12 aromatic rings. The average Bonchev–Trinajstić information content (AvgIpc) is 1.63. The second kappa shape index (κ2) is 30.0. The Morgan fingerprint density at radius 3 is 1.45 bits per heavy atom. The molecule has 526 valence electrons. The lowest BCUT2D eigenvalue weighted by atomic mass is 9.97. The number of carbonyl (C=O) groups excluding carboxylic acids is 2. The molecule has 4 aliphatic rings. The molecule has 20 nitrogen and oxygen atoms in total. The first-order valence-electron chi connectivity index (χ1n) is 35.0. The second-order valence-corrected chi connectivity index (χ2v) is 29.0. The summed E-state index contributed by atoms with van der Waals surface area (Å²) in [4.78, 5) is 57.8. The van der Waals surface area contributed by atoms with Gasteiger partial charge in [0.25, 0.3) is 5.56 Å². The summed E-state index contributed by atoms with van der Waals surface area (Å²) >= 11 is 0. The molecule has 0 spiro atoms. The summed E-state index contributed by atoms with van der Waals surface area (Å²) in [7, 11) is 8.67. The van der Waals surface area contributed by atoms with E-state index in [0.717, 1.165) is 113 Å². The van der Waals surface area contributed by atoms with Crippen molar-refractivity contribution < 1.29 is 29.3 Å². The Balaban J connectivity index is 0.000000126. The zero-order valence-electron chi connectivity index (χ0n) is 60.2. The van der Waals surface area contributed by atoms with Gasteiger partial charge in [-0.1, -0.05) is 47.0 Å². The van der Waals surface area contributed by atoms with Gasteiger partial charge in [-0.3, -0.25) is 14.8 Å². The highest BCUT2D eigenvalue weighted by molar-refractivity contribution is 5.89. The quantitative estimate of drug-likeness (QED) is 0.0892. The lowest BCUT2D eigenvalue weighted by Gasteiger charge is -2.28. The number of nitrogens with zero attached hydrogens (tertiary/aromatic N) is 12. The monoisotopic (exact) mass is 1360 g/mol. The highest BCUT2D eigenvalue weighted by Gasteiger charge is 2.35. The number of oxazole rings is 1. The van der Waals surface area contributed by atoms with Crippen LogP contribution in [0, 0.1) is 27.7 Å². The predicted molar refractivity (Wildman–Crippen MR) is 394 cm³/mol. The Labute approximate surface area is 590 Å². The topological polar surface area (TPSA) is 225 Å². The maximum absolute atomic E-state index is 12.2. The Hall–Kier alpha value is -9.47. The minimum atomic E-state index is -1.25. The van der Waals surface area contributed by atoms with Gasteiger partial charge in [0, 0.05) is 188 Å². The van der Waals surface area contributed by atoms with E-state index in [-0.39, 0.29) is 11.7 Å². The summed E-state index contributed by atoms with van der Waals surface area (Å²) in [6, 6.07) is 35.5. The standard InChI is InChI=1S/C21H25N3O2.C21H25N3O.C19H22N4.C19H23N3O2.CO2/c1-14-6-7-18-15(11-14)16-12-23(3)10-8-19(16)24(18)13-21(2,26)17-5-4-9-22-20(17)25;1-15-6-7-19-17(11-15)18-13-23(3)10-8-20(18)24(19)14-21(2,25)16-5-4-9-22-12-16;1-14-5-6-15(12-21-14)7-11-23-18-8-10-22(2)13-17(18)16-4-3-9-20-19(16)23;1-13-4-5-16-14(8-13)15-10-21(3)7-6-17(15)22(16)11-19(2,23)18-9-20-12-24-18;2-1-3/h4-7,9,11,26H,8,10,12-13H2,1-3H3,(H,22,25);4-7,9,11-12,25H,8,10,13-14H2,1-3H3;3-6,9,12H,7-8,10-11,13H2,1-2H3;4-5,8-9,12,23H,6-7,10-11H2,1-3H3;. The number of fused-ring (bicyclic) bond motifs is 12. The number of benzene rings is 3. The van der Waals surface area contributed by atoms with Crippen LogP contribution in [0.2, 0.25) is 0 Å². The van der Waals surface area contributed by atoms with Crippen LogP contribution in [0.25, 0.3) is 43.7 Å². The van der Waals surface area contributed by atoms with Crippen LogP contribution in [0.3, 0.4) is 0 Å². The second-order valence-electron chi connectivity index (χ2n) is 29.0. The minimum Gasteiger partial charge on any atom is -0.445 e. The summed E-state index contributed by atoms with van der Waals surface area (Å²) in [5.74, 6) is 0.498. The molecular formula is C81H95N13O7. The summed E-state index contributed by atoms with van der Waals surface area (Å²) in [6.45, 7) is 24.2. The molecule has 0 saturated carbocycles. The lowest BCUT2D eigenvalue weighted by molar-refractivity contribution is -0.191. The Morgan fingerprint density at radius 2 is 0.990 bits per heavy atom. The fourth-order valence-corrected chi connectivity index (χ4v) is 15.4. The van der Waals surface area contributed by atoms with Gasteiger partial charge in [0.15, 0.2) is 12.2 Å². The van der Waals surface area contributed by atoms with Crippen molar-refractivity contribution in [3.63, 3.8) is 0 Å². The van der Waals surface area contributed by atoms with Gasteiger partial charge in [0.2, 0.25) is 0 Å². The van der Waals surface area contributed by atoms with Gasteiger partial charge < -0.3 is 62.6 Å². The third kappa shape index (κ3) is 15.4. The molecule has 20 heteroatoms. The fraction of sp³-hybridized carbons (Fsp3) is 0.383. The normalized spacial score (nSPS) is 16.5. The molecule has 0 radical (unpaired) electrons. The smallest absolute Gasteiger partial charge is 0.373 e. The first-order valence-corrected chi connectivity index (χ1v) is 35.0. The molecule has 101 heavy (non-hydrogen) atoms. The van der Waals surface area contributed by atoms with Gasteiger partial charge in [-0.2, -0.15) is 9.59 Å². The minimum absolute atomic E-state index is 0.238. The molecule has 0 amide bonds. The summed E-state index contributed by atoms with van der Waals surface area (Å²) in [5.41, 5.74) is 19.5. The molecule has 3 atom stereocenters. The van der Waals surface area contributed by atoms with Crippen molar-refractivity contribution in [1.29, 1.82) is 0 Å². The lowest BCUT2D eigenvalue weighted by Crippen LogP contribution is -2.35. The van der Waals surface area contributed by atoms with Crippen LogP contribution in [-0.4, -0.2) is 139 Å². The number of pyridine rings is 4. The van der Waals surface area contributed by atoms with E-state index in [1.54, 1.807) is 50.8 Å². The number of likely N-dealkylation sites (N-methyl/N-ethyl adjacent to an activating group) is 4. The summed E-state index contributed by atoms with van der Waals surface area (Å²) < 4.78 is 14.6. The zero-order valence-corrected chi connectivity index (χ0v) is 60.2. The Kier molecular flexibility index (Phi) is 21.2. The van der Waals surface area contributed by atoms with Gasteiger partial charge >= 0.3 is 6.15 Å². The molecule has 3 unspecified atom stereocenters. The van der Waals surface area contributed by atoms with Crippen molar-refractivity contribution in [1.82, 2.24) is 62.8 Å². The molecule has 16 rings (SSSR count). The number of nitrogens with one attached hydrogen (secondary N) is 1. The zero-order chi connectivity index (χ0) is 71.5. The van der Waals surface area contributed by atoms with Gasteiger partial charge in [-0.15, -0.1) is 0 Å². The van der Waals surface area contributed by atoms with E-state index in [4.69, 9.17) is 14.0 Å². The van der Waals surface area contributed by atoms with Crippen LogP contribution < -0.4 is 5.56 Å². The van der Waals surface area contributed by atoms with Crippen molar-refractivity contribution in [2.24, 2.45) is 0 Å². The third-order valence-electron chi connectivity index (χ3n) is 20.6. The number of hydrogen-bond donors (Lipinski definition) is 4. The largest absolute Gasteiger partial charge is 0.445 e. The van der Waals surface area contributed by atoms with Crippen molar-refractivity contribution >= 4 is 49.9 Å². The van der Waals surface area contributed by atoms with Gasteiger partial charge in [-0.25, -0.2) is 9.97 Å². The van der Waals surface area contributed by atoms with Crippen LogP contribution in [0.1, 0.15) is 111 Å².